The van der Waals surface area contributed by atoms with E-state index < -0.39 is 0 Å². The molecule has 0 bridgehead atoms. The molecule has 0 saturated carbocycles. The van der Waals surface area contributed by atoms with Crippen LogP contribution in [0.4, 0.5) is 0 Å². The first-order chi connectivity index (χ1) is 6.74. The molecule has 0 rings (SSSR count). The van der Waals surface area contributed by atoms with Gasteiger partial charge in [0.15, 0.2) is 0 Å². The summed E-state index contributed by atoms with van der Waals surface area (Å²) in [6.45, 7) is 8.44. The Balaban J connectivity index is -0.0000000247. The molecule has 0 aliphatic rings. The molecule has 0 spiro atoms. The van der Waals surface area contributed by atoms with Gasteiger partial charge < -0.3 is 9.53 Å². The molecule has 3 heteroatoms. The number of carbonyl (C=O) groups excluding carboxylic acids is 1. The SMILES string of the molecule is C.C.C/C=C/[C-]=O.CC#CCC.CCOC.[Y]. The van der Waals surface area contributed by atoms with Gasteiger partial charge in [-0.05, 0) is 20.1 Å². The summed E-state index contributed by atoms with van der Waals surface area (Å²) in [5, 5.41) is 0. The normalized spacial score (nSPS) is 5.94. The van der Waals surface area contributed by atoms with E-state index >= 15 is 0 Å². The summed E-state index contributed by atoms with van der Waals surface area (Å²) in [4.78, 5) is 9.19. The zero-order valence-electron chi connectivity index (χ0n) is 10.5. The summed E-state index contributed by atoms with van der Waals surface area (Å²) in [5.41, 5.74) is 0. The van der Waals surface area contributed by atoms with Crippen molar-refractivity contribution in [2.24, 2.45) is 0 Å². The van der Waals surface area contributed by atoms with Crippen molar-refractivity contribution in [3.8, 4) is 11.8 Å². The summed E-state index contributed by atoms with van der Waals surface area (Å²) in [5.74, 6) is 5.63. The van der Waals surface area contributed by atoms with Gasteiger partial charge in [-0.1, -0.05) is 21.8 Å². The first-order valence-corrected chi connectivity index (χ1v) is 4.62. The van der Waals surface area contributed by atoms with Crippen LogP contribution in [0, 0.1) is 11.8 Å². The quantitative estimate of drug-likeness (QED) is 0.437. The van der Waals surface area contributed by atoms with Crippen molar-refractivity contribution in [2.45, 2.75) is 49.0 Å². The van der Waals surface area contributed by atoms with Gasteiger partial charge in [0.05, 0.1) is 0 Å². The Hall–Kier alpha value is 0.0339. The van der Waals surface area contributed by atoms with Gasteiger partial charge in [-0.3, -0.25) is 0 Å². The average Bonchev–Trinajstić information content (AvgIpc) is 2.22. The monoisotopic (exact) mass is 318 g/mol. The minimum Gasteiger partial charge on any atom is -0.419 e. The van der Waals surface area contributed by atoms with Gasteiger partial charge in [-0.15, -0.1) is 18.8 Å². The molecular formula is C14H29O2Y-. The fourth-order valence-corrected chi connectivity index (χ4v) is 0.245. The molecule has 0 aromatic heterocycles. The van der Waals surface area contributed by atoms with Gasteiger partial charge in [-0.2, -0.15) is 6.08 Å². The minimum atomic E-state index is 0. The van der Waals surface area contributed by atoms with E-state index in [4.69, 9.17) is 0 Å². The van der Waals surface area contributed by atoms with E-state index in [1.165, 1.54) is 6.08 Å². The Morgan fingerprint density at radius 1 is 1.29 bits per heavy atom. The van der Waals surface area contributed by atoms with E-state index in [1.54, 1.807) is 26.4 Å². The molecule has 0 fully saturated rings. The van der Waals surface area contributed by atoms with Gasteiger partial charge in [0.2, 0.25) is 0 Å². The number of hydrogen-bond donors (Lipinski definition) is 0. The molecule has 0 aromatic carbocycles. The maximum Gasteiger partial charge on any atom is 0.0433 e. The van der Waals surface area contributed by atoms with Gasteiger partial charge in [0.25, 0.3) is 0 Å². The van der Waals surface area contributed by atoms with Crippen LogP contribution in [0.5, 0.6) is 0 Å². The zero-order chi connectivity index (χ0) is 11.7. The molecule has 0 aromatic rings. The predicted octanol–water partition coefficient (Wildman–Crippen LogP) is 4.01. The number of hydrogen-bond acceptors (Lipinski definition) is 2. The van der Waals surface area contributed by atoms with Gasteiger partial charge >= 0.3 is 0 Å². The summed E-state index contributed by atoms with van der Waals surface area (Å²) in [7, 11) is 1.68. The smallest absolute Gasteiger partial charge is 0.0433 e. The van der Waals surface area contributed by atoms with E-state index in [-0.39, 0.29) is 47.6 Å². The molecule has 17 heavy (non-hydrogen) atoms. The second kappa shape index (κ2) is 56.1. The Bertz CT molecular complexity index is 165. The van der Waals surface area contributed by atoms with E-state index in [2.05, 4.69) is 16.6 Å². The fraction of sp³-hybridized carbons (Fsp3) is 0.643. The van der Waals surface area contributed by atoms with Crippen molar-refractivity contribution < 1.29 is 42.2 Å². The van der Waals surface area contributed by atoms with Crippen LogP contribution in [0.1, 0.15) is 49.0 Å². The number of methoxy groups -OCH3 is 1. The average molecular weight is 318 g/mol. The molecule has 0 atom stereocenters. The second-order valence-electron chi connectivity index (χ2n) is 1.98. The van der Waals surface area contributed by atoms with Gasteiger partial charge in [0, 0.05) is 52.8 Å². The Labute approximate surface area is 134 Å². The Kier molecular flexibility index (Phi) is 119. The summed E-state index contributed by atoms with van der Waals surface area (Å²) in [6.07, 6.45) is 5.52. The standard InChI is InChI=1S/C5H8.C4H5O.C3H8O.2CH4.Y/c1-3-5-4-2;1-2-3-4-5;1-3-4-2;;;/h3H2,1-2H3;2-3H,1H3;3H2,1-2H3;2*1H4;/q;-1;;;;/b;3-2+;;;;. The molecular weight excluding hydrogens is 289 g/mol. The van der Waals surface area contributed by atoms with Crippen LogP contribution in [0.3, 0.4) is 0 Å². The van der Waals surface area contributed by atoms with Crippen LogP contribution in [-0.4, -0.2) is 20.0 Å². The van der Waals surface area contributed by atoms with E-state index in [1.807, 2.05) is 20.8 Å². The van der Waals surface area contributed by atoms with Crippen molar-refractivity contribution in [2.75, 3.05) is 13.7 Å². The molecule has 0 saturated heterocycles. The van der Waals surface area contributed by atoms with Crippen molar-refractivity contribution in [1.82, 2.24) is 0 Å². The first kappa shape index (κ1) is 36.0. The molecule has 0 aliphatic carbocycles. The number of rotatable bonds is 2. The Morgan fingerprint density at radius 3 is 1.71 bits per heavy atom. The largest absolute Gasteiger partial charge is 0.419 e. The molecule has 0 N–H and O–H groups in total. The van der Waals surface area contributed by atoms with Crippen LogP contribution >= 0.6 is 0 Å². The molecule has 0 amide bonds. The van der Waals surface area contributed by atoms with Crippen LogP contribution < -0.4 is 0 Å². The second-order valence-corrected chi connectivity index (χ2v) is 1.98. The van der Waals surface area contributed by atoms with E-state index in [9.17, 15) is 4.79 Å². The Morgan fingerprint density at radius 2 is 1.71 bits per heavy atom. The molecule has 0 heterocycles. The summed E-state index contributed by atoms with van der Waals surface area (Å²) >= 11 is 0. The van der Waals surface area contributed by atoms with Crippen molar-refractivity contribution in [3.63, 3.8) is 0 Å². The number of ether oxygens (including phenoxy) is 1. The first-order valence-electron chi connectivity index (χ1n) is 4.62. The fourth-order valence-electron chi connectivity index (χ4n) is 0.245. The third-order valence-electron chi connectivity index (χ3n) is 0.877. The minimum absolute atomic E-state index is 0. The van der Waals surface area contributed by atoms with Gasteiger partial charge in [-0.25, -0.2) is 6.08 Å². The van der Waals surface area contributed by atoms with Crippen LogP contribution in [0.2, 0.25) is 0 Å². The van der Waals surface area contributed by atoms with Crippen molar-refractivity contribution in [1.29, 1.82) is 0 Å². The topological polar surface area (TPSA) is 26.3 Å². The van der Waals surface area contributed by atoms with Crippen molar-refractivity contribution >= 4 is 6.29 Å². The van der Waals surface area contributed by atoms with Crippen LogP contribution in [0.15, 0.2) is 12.2 Å². The summed E-state index contributed by atoms with van der Waals surface area (Å²) < 4.78 is 4.54. The van der Waals surface area contributed by atoms with Crippen LogP contribution in [-0.2, 0) is 42.2 Å². The molecule has 0 aliphatic heterocycles. The van der Waals surface area contributed by atoms with Crippen LogP contribution in [0.25, 0.3) is 0 Å². The van der Waals surface area contributed by atoms with Gasteiger partial charge in [0.1, 0.15) is 0 Å². The van der Waals surface area contributed by atoms with Crippen molar-refractivity contribution in [3.05, 3.63) is 12.2 Å². The number of allylic oxidation sites excluding steroid dienone is 2. The van der Waals surface area contributed by atoms with E-state index in [0.29, 0.717) is 0 Å². The molecule has 2 nitrogen and oxygen atoms in total. The molecule has 1 radical (unpaired) electrons. The summed E-state index contributed by atoms with van der Waals surface area (Å²) in [6, 6.07) is 0. The maximum absolute atomic E-state index is 9.19. The third-order valence-corrected chi connectivity index (χ3v) is 0.877. The molecule has 0 unspecified atom stereocenters. The maximum atomic E-state index is 9.19. The third kappa shape index (κ3) is 125. The molecule has 101 valence electrons. The zero-order valence-corrected chi connectivity index (χ0v) is 13.3. The predicted molar refractivity (Wildman–Crippen MR) is 75.3 cm³/mol. The van der Waals surface area contributed by atoms with E-state index in [0.717, 1.165) is 13.0 Å².